The number of benzene rings is 1. The average molecular weight is 294 g/mol. The first-order valence-electron chi connectivity index (χ1n) is 6.48. The molecule has 0 saturated heterocycles. The number of halogens is 1. The molecule has 0 aliphatic heterocycles. The average Bonchev–Trinajstić information content (AvgIpc) is 2.36. The lowest BCUT2D eigenvalue weighted by Crippen LogP contribution is -2.21. The zero-order chi connectivity index (χ0) is 15.3. The summed E-state index contributed by atoms with van der Waals surface area (Å²) in [6.45, 7) is 7.48. The number of hydrogen-bond acceptors (Lipinski definition) is 2. The molecule has 0 N–H and O–H groups in total. The van der Waals surface area contributed by atoms with Crippen LogP contribution >= 0.6 is 0 Å². The summed E-state index contributed by atoms with van der Waals surface area (Å²) in [5.74, 6) is -0.482. The predicted octanol–water partition coefficient (Wildman–Crippen LogP) is 3.75. The number of nitriles is 1. The topological polar surface area (TPSA) is 53.2 Å². The highest BCUT2D eigenvalue weighted by Gasteiger charge is 2.20. The number of rotatable bonds is 4. The maximum atomic E-state index is 13.5. The summed E-state index contributed by atoms with van der Waals surface area (Å²) in [6.07, 6.45) is 1.40. The third-order valence-corrected chi connectivity index (χ3v) is 4.00. The monoisotopic (exact) mass is 294 g/mol. The molecule has 0 unspecified atom stereocenters. The maximum Gasteiger partial charge on any atom is 0.145 e. The van der Waals surface area contributed by atoms with Gasteiger partial charge < -0.3 is 0 Å². The van der Waals surface area contributed by atoms with Crippen LogP contribution in [0.3, 0.4) is 0 Å². The fraction of sp³-hybridized carbons (Fsp3) is 0.467. The molecule has 0 aliphatic rings. The molecule has 0 aromatic heterocycles. The Kier molecular flexibility index (Phi) is 5.58. The Morgan fingerprint density at radius 2 is 2.05 bits per heavy atom. The van der Waals surface area contributed by atoms with Gasteiger partial charge in [0.25, 0.3) is 0 Å². The van der Waals surface area contributed by atoms with Crippen molar-refractivity contribution in [1.82, 2.24) is 0 Å². The van der Waals surface area contributed by atoms with Gasteiger partial charge in [0, 0.05) is 5.56 Å². The zero-order valence-electron chi connectivity index (χ0n) is 12.2. The van der Waals surface area contributed by atoms with Crippen LogP contribution in [0.1, 0.15) is 51.7 Å². The van der Waals surface area contributed by atoms with Crippen molar-refractivity contribution in [3.63, 3.8) is 0 Å². The standard InChI is InChI=1S/C15H19FN2OS/c1-5-6-14(18-20(19)15(2,3)4)12-7-11(10-17)8-13(16)9-12/h7-9H,5-6H2,1-4H3/t20-/m1/s1. The molecular formula is C15H19FN2OS. The molecule has 0 saturated carbocycles. The lowest BCUT2D eigenvalue weighted by Gasteiger charge is -2.15. The highest BCUT2D eigenvalue weighted by atomic mass is 32.2. The second kappa shape index (κ2) is 6.76. The molecule has 0 bridgehead atoms. The maximum absolute atomic E-state index is 13.5. The Labute approximate surface area is 122 Å². The van der Waals surface area contributed by atoms with E-state index in [2.05, 4.69) is 4.40 Å². The van der Waals surface area contributed by atoms with Gasteiger partial charge in [-0.15, -0.1) is 0 Å². The predicted molar refractivity (Wildman–Crippen MR) is 80.5 cm³/mol. The summed E-state index contributed by atoms with van der Waals surface area (Å²) in [6, 6.07) is 6.00. The lowest BCUT2D eigenvalue weighted by molar-refractivity contribution is 0.627. The van der Waals surface area contributed by atoms with Gasteiger partial charge in [-0.2, -0.15) is 9.66 Å². The van der Waals surface area contributed by atoms with Crippen LogP contribution in [-0.2, 0) is 11.0 Å². The molecule has 0 heterocycles. The minimum absolute atomic E-state index is 0.241. The van der Waals surface area contributed by atoms with Crippen LogP contribution in [0.5, 0.6) is 0 Å². The summed E-state index contributed by atoms with van der Waals surface area (Å²) in [5.41, 5.74) is 1.35. The SMILES string of the molecule is CCCC(=N[S@](=O)C(C)(C)C)c1cc(F)cc(C#N)c1. The summed E-state index contributed by atoms with van der Waals surface area (Å²) in [7, 11) is -1.40. The Balaban J connectivity index is 3.28. The Morgan fingerprint density at radius 3 is 2.55 bits per heavy atom. The summed E-state index contributed by atoms with van der Waals surface area (Å²) < 4.78 is 29.4. The van der Waals surface area contributed by atoms with Crippen LogP contribution in [0, 0.1) is 17.1 Å². The molecule has 5 heteroatoms. The first-order valence-corrected chi connectivity index (χ1v) is 7.59. The second-order valence-electron chi connectivity index (χ2n) is 5.49. The number of nitrogens with zero attached hydrogens (tertiary/aromatic N) is 2. The van der Waals surface area contributed by atoms with Crippen LogP contribution in [0.15, 0.2) is 22.6 Å². The fourth-order valence-electron chi connectivity index (χ4n) is 1.54. The molecule has 1 atom stereocenters. The van der Waals surface area contributed by atoms with E-state index in [-0.39, 0.29) is 5.56 Å². The zero-order valence-corrected chi connectivity index (χ0v) is 13.1. The Hall–Kier alpha value is -1.54. The van der Waals surface area contributed by atoms with E-state index in [9.17, 15) is 8.60 Å². The van der Waals surface area contributed by atoms with E-state index in [0.717, 1.165) is 6.42 Å². The molecule has 0 radical (unpaired) electrons. The van der Waals surface area contributed by atoms with Crippen LogP contribution in [0.4, 0.5) is 4.39 Å². The van der Waals surface area contributed by atoms with Crippen molar-refractivity contribution in [3.8, 4) is 6.07 Å². The van der Waals surface area contributed by atoms with E-state index in [1.54, 1.807) is 6.07 Å². The molecule has 0 fully saturated rings. The summed E-state index contributed by atoms with van der Waals surface area (Å²) in [4.78, 5) is 0. The van der Waals surface area contributed by atoms with Gasteiger partial charge in [0.05, 0.1) is 22.1 Å². The second-order valence-corrected chi connectivity index (χ2v) is 7.40. The van der Waals surface area contributed by atoms with Gasteiger partial charge in [0.2, 0.25) is 0 Å². The van der Waals surface area contributed by atoms with Crippen molar-refractivity contribution >= 4 is 16.7 Å². The highest BCUT2D eigenvalue weighted by molar-refractivity contribution is 7.85. The van der Waals surface area contributed by atoms with Crippen LogP contribution in [0.25, 0.3) is 0 Å². The quantitative estimate of drug-likeness (QED) is 0.794. The Bertz CT molecular complexity index is 583. The molecule has 3 nitrogen and oxygen atoms in total. The van der Waals surface area contributed by atoms with Crippen LogP contribution in [-0.4, -0.2) is 14.7 Å². The summed E-state index contributed by atoms with van der Waals surface area (Å²) >= 11 is 0. The van der Waals surface area contributed by atoms with Gasteiger partial charge in [0.15, 0.2) is 0 Å². The van der Waals surface area contributed by atoms with Crippen LogP contribution < -0.4 is 0 Å². The van der Waals surface area contributed by atoms with Crippen molar-refractivity contribution in [1.29, 1.82) is 5.26 Å². The van der Waals surface area contributed by atoms with Crippen molar-refractivity contribution in [2.24, 2.45) is 4.40 Å². The molecule has 1 aromatic rings. The smallest absolute Gasteiger partial charge is 0.145 e. The van der Waals surface area contributed by atoms with Gasteiger partial charge in [-0.1, -0.05) is 13.3 Å². The molecular weight excluding hydrogens is 275 g/mol. The van der Waals surface area contributed by atoms with Gasteiger partial charge in [0.1, 0.15) is 16.8 Å². The molecule has 1 rings (SSSR count). The van der Waals surface area contributed by atoms with Crippen molar-refractivity contribution in [3.05, 3.63) is 35.1 Å². The first kappa shape index (κ1) is 16.5. The molecule has 0 aliphatic carbocycles. The molecule has 1 aromatic carbocycles. The summed E-state index contributed by atoms with van der Waals surface area (Å²) in [5, 5.41) is 8.89. The van der Waals surface area contributed by atoms with Crippen LogP contribution in [0.2, 0.25) is 0 Å². The van der Waals surface area contributed by atoms with E-state index in [1.165, 1.54) is 12.1 Å². The largest absolute Gasteiger partial charge is 0.234 e. The van der Waals surface area contributed by atoms with Gasteiger partial charge in [-0.3, -0.25) is 0 Å². The lowest BCUT2D eigenvalue weighted by atomic mass is 10.0. The van der Waals surface area contributed by atoms with Gasteiger partial charge >= 0.3 is 0 Å². The van der Waals surface area contributed by atoms with E-state index < -0.39 is 21.5 Å². The molecule has 0 amide bonds. The molecule has 20 heavy (non-hydrogen) atoms. The van der Waals surface area contributed by atoms with Gasteiger partial charge in [-0.05, 0) is 45.4 Å². The van der Waals surface area contributed by atoms with E-state index >= 15 is 0 Å². The van der Waals surface area contributed by atoms with Gasteiger partial charge in [-0.25, -0.2) is 8.60 Å². The van der Waals surface area contributed by atoms with E-state index in [0.29, 0.717) is 17.7 Å². The third-order valence-electron chi connectivity index (χ3n) is 2.56. The normalized spacial score (nSPS) is 13.9. The fourth-order valence-corrected chi connectivity index (χ4v) is 2.21. The molecule has 108 valence electrons. The minimum atomic E-state index is -1.40. The Morgan fingerprint density at radius 1 is 1.40 bits per heavy atom. The highest BCUT2D eigenvalue weighted by Crippen LogP contribution is 2.17. The molecule has 0 spiro atoms. The third kappa shape index (κ3) is 4.53. The first-order chi connectivity index (χ1) is 9.27. The van der Waals surface area contributed by atoms with E-state index in [1.807, 2.05) is 33.8 Å². The van der Waals surface area contributed by atoms with Crippen molar-refractivity contribution < 1.29 is 8.60 Å². The van der Waals surface area contributed by atoms with Crippen molar-refractivity contribution in [2.45, 2.75) is 45.3 Å². The minimum Gasteiger partial charge on any atom is -0.234 e. The van der Waals surface area contributed by atoms with E-state index in [4.69, 9.17) is 5.26 Å². The van der Waals surface area contributed by atoms with Crippen molar-refractivity contribution in [2.75, 3.05) is 0 Å². The number of hydrogen-bond donors (Lipinski definition) is 0.